The zero-order valence-electron chi connectivity index (χ0n) is 25.2. The van der Waals surface area contributed by atoms with Gasteiger partial charge in [-0.2, -0.15) is 5.26 Å². The van der Waals surface area contributed by atoms with Crippen LogP contribution in [0, 0.1) is 11.3 Å². The summed E-state index contributed by atoms with van der Waals surface area (Å²) in [5, 5.41) is 16.1. The van der Waals surface area contributed by atoms with Crippen molar-refractivity contribution in [3.63, 3.8) is 0 Å². The van der Waals surface area contributed by atoms with E-state index in [0.717, 1.165) is 61.1 Å². The zero-order valence-corrected chi connectivity index (χ0v) is 25.2. The minimum Gasteiger partial charge on any atom is -0.364 e. The molecule has 2 atom stereocenters. The molecule has 0 aliphatic carbocycles. The molecule has 2 aliphatic heterocycles. The first-order valence-corrected chi connectivity index (χ1v) is 15.8. The van der Waals surface area contributed by atoms with Crippen molar-refractivity contribution in [3.8, 4) is 17.2 Å². The number of aromatic nitrogens is 1. The van der Waals surface area contributed by atoms with E-state index in [-0.39, 0.29) is 18.0 Å². The van der Waals surface area contributed by atoms with Crippen LogP contribution in [0.25, 0.3) is 32.8 Å². The summed E-state index contributed by atoms with van der Waals surface area (Å²) in [6, 6.07) is 33.0. The summed E-state index contributed by atoms with van der Waals surface area (Å²) < 4.78 is 0. The van der Waals surface area contributed by atoms with Crippen LogP contribution in [-0.4, -0.2) is 52.9 Å². The Labute approximate surface area is 258 Å². The van der Waals surface area contributed by atoms with Gasteiger partial charge in [-0.3, -0.25) is 4.79 Å². The number of nitrogens with zero attached hydrogens (tertiary/aromatic N) is 4. The molecule has 2 fully saturated rings. The van der Waals surface area contributed by atoms with Gasteiger partial charge in [-0.25, -0.2) is 4.98 Å². The summed E-state index contributed by atoms with van der Waals surface area (Å²) in [5.41, 5.74) is 5.27. The SMILES string of the molecule is CC(Nc1cc(C(=O)N2CCC[C@H]2CN2CCCC2)c2cc(-c3ccc(C#N)cc3)ccc2n1)c1ccc2ccccc2c1. The Kier molecular flexibility index (Phi) is 7.72. The lowest BCUT2D eigenvalue weighted by molar-refractivity contribution is 0.0710. The summed E-state index contributed by atoms with van der Waals surface area (Å²) in [6.07, 6.45) is 4.58. The van der Waals surface area contributed by atoms with Crippen LogP contribution in [0.4, 0.5) is 5.82 Å². The van der Waals surface area contributed by atoms with Crippen molar-refractivity contribution in [2.75, 3.05) is 31.5 Å². The van der Waals surface area contributed by atoms with Crippen LogP contribution < -0.4 is 5.32 Å². The van der Waals surface area contributed by atoms with Crippen molar-refractivity contribution < 1.29 is 4.79 Å². The molecule has 0 saturated carbocycles. The average Bonchev–Trinajstić information content (AvgIpc) is 3.76. The molecule has 3 heterocycles. The lowest BCUT2D eigenvalue weighted by Crippen LogP contribution is -2.42. The van der Waals surface area contributed by atoms with Crippen molar-refractivity contribution >= 4 is 33.4 Å². The fourth-order valence-electron chi connectivity index (χ4n) is 6.89. The molecule has 1 unspecified atom stereocenters. The number of carbonyl (C=O) groups is 1. The number of rotatable bonds is 7. The van der Waals surface area contributed by atoms with Gasteiger partial charge < -0.3 is 15.1 Å². The van der Waals surface area contributed by atoms with Gasteiger partial charge in [0.2, 0.25) is 0 Å². The second-order valence-electron chi connectivity index (χ2n) is 12.3. The lowest BCUT2D eigenvalue weighted by Gasteiger charge is -2.29. The van der Waals surface area contributed by atoms with Gasteiger partial charge in [0.05, 0.1) is 22.7 Å². The molecule has 6 heteroatoms. The number of pyridine rings is 1. The van der Waals surface area contributed by atoms with Gasteiger partial charge in [0.25, 0.3) is 5.91 Å². The molecular formula is C38H37N5O. The van der Waals surface area contributed by atoms with Gasteiger partial charge in [-0.05, 0) is 110 Å². The molecule has 0 radical (unpaired) electrons. The highest BCUT2D eigenvalue weighted by molar-refractivity contribution is 6.08. The van der Waals surface area contributed by atoms with E-state index in [2.05, 4.69) is 76.6 Å². The molecule has 44 heavy (non-hydrogen) atoms. The summed E-state index contributed by atoms with van der Waals surface area (Å²) in [4.78, 5) is 24.1. The largest absolute Gasteiger partial charge is 0.364 e. The van der Waals surface area contributed by atoms with Crippen molar-refractivity contribution in [1.82, 2.24) is 14.8 Å². The maximum absolute atomic E-state index is 14.4. The van der Waals surface area contributed by atoms with Gasteiger partial charge >= 0.3 is 0 Å². The van der Waals surface area contributed by atoms with Crippen molar-refractivity contribution in [2.45, 2.75) is 44.7 Å². The van der Waals surface area contributed by atoms with Crippen molar-refractivity contribution in [1.29, 1.82) is 5.26 Å². The Bertz CT molecular complexity index is 1870. The van der Waals surface area contributed by atoms with E-state index in [0.29, 0.717) is 16.9 Å². The van der Waals surface area contributed by atoms with Gasteiger partial charge in [0.15, 0.2) is 0 Å². The number of carbonyl (C=O) groups excluding carboxylic acids is 1. The Hall–Kier alpha value is -4.73. The monoisotopic (exact) mass is 579 g/mol. The predicted octanol–water partition coefficient (Wildman–Crippen LogP) is 7.80. The predicted molar refractivity (Wildman–Crippen MR) is 178 cm³/mol. The molecule has 4 aromatic carbocycles. The number of hydrogen-bond donors (Lipinski definition) is 1. The normalized spacial score (nSPS) is 17.6. The summed E-state index contributed by atoms with van der Waals surface area (Å²) in [5.74, 6) is 0.778. The van der Waals surface area contributed by atoms with E-state index in [1.165, 1.54) is 29.2 Å². The third-order valence-corrected chi connectivity index (χ3v) is 9.33. The number of benzene rings is 4. The number of amides is 1. The first kappa shape index (κ1) is 28.1. The van der Waals surface area contributed by atoms with Gasteiger partial charge in [-0.15, -0.1) is 0 Å². The first-order valence-electron chi connectivity index (χ1n) is 15.8. The molecule has 7 rings (SSSR count). The minimum atomic E-state index is 0.000122. The highest BCUT2D eigenvalue weighted by Gasteiger charge is 2.32. The third kappa shape index (κ3) is 5.64. The van der Waals surface area contributed by atoms with Crippen molar-refractivity contribution in [2.24, 2.45) is 0 Å². The van der Waals surface area contributed by atoms with E-state index in [9.17, 15) is 10.1 Å². The lowest BCUT2D eigenvalue weighted by atomic mass is 9.99. The second kappa shape index (κ2) is 12.1. The molecule has 5 aromatic rings. The molecule has 2 saturated heterocycles. The summed E-state index contributed by atoms with van der Waals surface area (Å²) >= 11 is 0. The Balaban J connectivity index is 1.26. The maximum Gasteiger partial charge on any atom is 0.254 e. The van der Waals surface area contributed by atoms with Crippen LogP contribution in [0.3, 0.4) is 0 Å². The number of hydrogen-bond acceptors (Lipinski definition) is 5. The molecular weight excluding hydrogens is 542 g/mol. The highest BCUT2D eigenvalue weighted by Crippen LogP contribution is 2.32. The molecule has 1 amide bonds. The van der Waals surface area contributed by atoms with Crippen LogP contribution in [0.1, 0.15) is 60.1 Å². The second-order valence-corrected chi connectivity index (χ2v) is 12.3. The van der Waals surface area contributed by atoms with Crippen LogP contribution in [-0.2, 0) is 0 Å². The first-order chi connectivity index (χ1) is 21.6. The molecule has 2 aliphatic rings. The Morgan fingerprint density at radius 2 is 1.68 bits per heavy atom. The van der Waals surface area contributed by atoms with Crippen LogP contribution in [0.5, 0.6) is 0 Å². The fourth-order valence-corrected chi connectivity index (χ4v) is 6.89. The topological polar surface area (TPSA) is 72.3 Å². The van der Waals surface area contributed by atoms with Gasteiger partial charge in [0, 0.05) is 30.6 Å². The Morgan fingerprint density at radius 1 is 0.909 bits per heavy atom. The fraction of sp³-hybridized carbons (Fsp3) is 0.289. The highest BCUT2D eigenvalue weighted by atomic mass is 16.2. The molecule has 220 valence electrons. The van der Waals surface area contributed by atoms with Gasteiger partial charge in [0.1, 0.15) is 5.82 Å². The minimum absolute atomic E-state index is 0.000122. The molecule has 1 N–H and O–H groups in total. The average molecular weight is 580 g/mol. The number of nitriles is 1. The van der Waals surface area contributed by atoms with Crippen molar-refractivity contribution in [3.05, 3.63) is 108 Å². The Morgan fingerprint density at radius 3 is 2.48 bits per heavy atom. The van der Waals surface area contributed by atoms with Crippen LogP contribution >= 0.6 is 0 Å². The standard InChI is InChI=1S/C38H37N5O/c1-26(30-15-14-28-7-2-3-8-31(28)21-30)40-37-23-35(38(44)43-20-6-9-33(43)25-42-18-4-5-19-42)34-22-32(16-17-36(34)41-37)29-12-10-27(24-39)11-13-29/h2-3,7-8,10-17,21-23,26,33H,4-6,9,18-20,25H2,1H3,(H,40,41)/t26?,33-/m0/s1. The van der Waals surface area contributed by atoms with Crippen LogP contribution in [0.2, 0.25) is 0 Å². The van der Waals surface area contributed by atoms with Crippen LogP contribution in [0.15, 0.2) is 91.0 Å². The number of likely N-dealkylation sites (tertiary alicyclic amines) is 2. The van der Waals surface area contributed by atoms with E-state index >= 15 is 0 Å². The third-order valence-electron chi connectivity index (χ3n) is 9.33. The number of fused-ring (bicyclic) bond motifs is 2. The summed E-state index contributed by atoms with van der Waals surface area (Å²) in [6.45, 7) is 6.14. The smallest absolute Gasteiger partial charge is 0.254 e. The zero-order chi connectivity index (χ0) is 30.0. The number of nitrogens with one attached hydrogen (secondary N) is 1. The number of anilines is 1. The molecule has 0 bridgehead atoms. The maximum atomic E-state index is 14.4. The summed E-state index contributed by atoms with van der Waals surface area (Å²) in [7, 11) is 0. The van der Waals surface area contributed by atoms with Gasteiger partial charge in [-0.1, -0.05) is 54.6 Å². The van der Waals surface area contributed by atoms with E-state index in [1.807, 2.05) is 42.5 Å². The van der Waals surface area contributed by atoms with E-state index in [4.69, 9.17) is 4.98 Å². The molecule has 1 aromatic heterocycles. The molecule has 6 nitrogen and oxygen atoms in total. The van der Waals surface area contributed by atoms with E-state index < -0.39 is 0 Å². The van der Waals surface area contributed by atoms with E-state index in [1.54, 1.807) is 0 Å². The molecule has 0 spiro atoms. The quantitative estimate of drug-likeness (QED) is 0.213.